The molecule has 0 saturated heterocycles. The van der Waals surface area contributed by atoms with Crippen LogP contribution < -0.4 is 16.2 Å². The molecule has 0 bridgehead atoms. The maximum atomic E-state index is 10.6. The Hall–Kier alpha value is -2.31. The molecular weight excluding hydrogens is 200 g/mol. The van der Waals surface area contributed by atoms with Crippen molar-refractivity contribution in [3.8, 4) is 5.75 Å². The minimum Gasteiger partial charge on any atom is -0.497 e. The van der Waals surface area contributed by atoms with E-state index in [1.807, 2.05) is 0 Å². The summed E-state index contributed by atoms with van der Waals surface area (Å²) < 4.78 is 4.90. The molecule has 4 N–H and O–H groups in total. The van der Waals surface area contributed by atoms with Gasteiger partial charge in [-0.15, -0.1) is 0 Å². The van der Waals surface area contributed by atoms with Crippen molar-refractivity contribution in [2.24, 2.45) is 16.5 Å². The van der Waals surface area contributed by atoms with Gasteiger partial charge in [-0.2, -0.15) is 0 Å². The molecule has 0 atom stereocenters. The number of rotatable bonds is 3. The van der Waals surface area contributed by atoms with Crippen molar-refractivity contribution in [2.45, 2.75) is 0 Å². The van der Waals surface area contributed by atoms with Crippen LogP contribution in [0.5, 0.6) is 5.75 Å². The molecule has 1 rings (SSSR count). The van der Waals surface area contributed by atoms with Crippen LogP contribution in [0.3, 0.4) is 0 Å². The summed E-state index contributed by atoms with van der Waals surface area (Å²) >= 11 is 0. The maximum absolute atomic E-state index is 10.6. The van der Waals surface area contributed by atoms with Gasteiger partial charge in [0.05, 0.1) is 12.0 Å². The van der Waals surface area contributed by atoms with Crippen LogP contribution in [0, 0.1) is 10.1 Å². The average Bonchev–Trinajstić information content (AvgIpc) is 2.16. The Labute approximate surface area is 85.5 Å². The number of nitrogens with zero attached hydrogens (tertiary/aromatic N) is 2. The molecule has 0 saturated carbocycles. The molecule has 0 heterocycles. The molecule has 0 aromatic heterocycles. The van der Waals surface area contributed by atoms with E-state index >= 15 is 0 Å². The highest BCUT2D eigenvalue weighted by molar-refractivity contribution is 5.81. The number of ether oxygens (including phenoxy) is 1. The highest BCUT2D eigenvalue weighted by Crippen LogP contribution is 2.30. The lowest BCUT2D eigenvalue weighted by molar-refractivity contribution is -0.384. The second-order valence-electron chi connectivity index (χ2n) is 2.65. The van der Waals surface area contributed by atoms with E-state index < -0.39 is 4.92 Å². The Balaban J connectivity index is 3.29. The first-order valence-corrected chi connectivity index (χ1v) is 3.96. The lowest BCUT2D eigenvalue weighted by Crippen LogP contribution is -2.22. The minimum atomic E-state index is -0.568. The Morgan fingerprint density at radius 1 is 1.53 bits per heavy atom. The Kier molecular flexibility index (Phi) is 3.06. The van der Waals surface area contributed by atoms with E-state index in [4.69, 9.17) is 16.2 Å². The smallest absolute Gasteiger partial charge is 0.295 e. The van der Waals surface area contributed by atoms with E-state index in [9.17, 15) is 10.1 Å². The number of nitro benzene ring substituents is 1. The normalized spacial score (nSPS) is 9.40. The summed E-state index contributed by atoms with van der Waals surface area (Å²) in [7, 11) is 1.44. The van der Waals surface area contributed by atoms with Gasteiger partial charge in [0, 0.05) is 12.1 Å². The Morgan fingerprint density at radius 3 is 2.67 bits per heavy atom. The summed E-state index contributed by atoms with van der Waals surface area (Å²) in [5.41, 5.74) is 10.2. The highest BCUT2D eigenvalue weighted by Gasteiger charge is 2.13. The van der Waals surface area contributed by atoms with Gasteiger partial charge in [-0.25, -0.2) is 4.99 Å². The molecular formula is C8H10N4O3. The van der Waals surface area contributed by atoms with Crippen LogP contribution in [0.25, 0.3) is 0 Å². The van der Waals surface area contributed by atoms with E-state index in [1.165, 1.54) is 25.3 Å². The van der Waals surface area contributed by atoms with Gasteiger partial charge < -0.3 is 16.2 Å². The zero-order valence-electron chi connectivity index (χ0n) is 8.01. The summed E-state index contributed by atoms with van der Waals surface area (Å²) in [5.74, 6) is 0.201. The number of hydrogen-bond acceptors (Lipinski definition) is 4. The van der Waals surface area contributed by atoms with Crippen molar-refractivity contribution in [3.05, 3.63) is 28.3 Å². The largest absolute Gasteiger partial charge is 0.497 e. The first-order valence-electron chi connectivity index (χ1n) is 3.96. The van der Waals surface area contributed by atoms with Gasteiger partial charge >= 0.3 is 0 Å². The average molecular weight is 210 g/mol. The van der Waals surface area contributed by atoms with Crippen LogP contribution in [0.15, 0.2) is 23.2 Å². The molecule has 0 spiro atoms. The summed E-state index contributed by atoms with van der Waals surface area (Å²) in [4.78, 5) is 13.7. The van der Waals surface area contributed by atoms with Crippen LogP contribution >= 0.6 is 0 Å². The monoisotopic (exact) mass is 210 g/mol. The molecule has 0 aliphatic heterocycles. The maximum Gasteiger partial charge on any atom is 0.295 e. The van der Waals surface area contributed by atoms with Gasteiger partial charge in [0.1, 0.15) is 11.4 Å². The lowest BCUT2D eigenvalue weighted by atomic mass is 10.2. The predicted molar refractivity (Wildman–Crippen MR) is 55.1 cm³/mol. The predicted octanol–water partition coefficient (Wildman–Crippen LogP) is 0.508. The van der Waals surface area contributed by atoms with E-state index in [1.54, 1.807) is 0 Å². The van der Waals surface area contributed by atoms with Crippen molar-refractivity contribution in [1.29, 1.82) is 0 Å². The highest BCUT2D eigenvalue weighted by atomic mass is 16.6. The first-order chi connectivity index (χ1) is 7.04. The van der Waals surface area contributed by atoms with Crippen molar-refractivity contribution >= 4 is 17.3 Å². The van der Waals surface area contributed by atoms with Crippen molar-refractivity contribution in [1.82, 2.24) is 0 Å². The molecule has 0 fully saturated rings. The molecule has 0 radical (unpaired) electrons. The standard InChI is InChI=1S/C8H10N4O3/c1-15-5-2-3-7(12(13)14)6(4-5)11-8(9)10/h2-4H,1H3,(H4,9,10,11). The van der Waals surface area contributed by atoms with Gasteiger partial charge in [-0.3, -0.25) is 10.1 Å². The first kappa shape index (κ1) is 10.8. The zero-order valence-corrected chi connectivity index (χ0v) is 8.01. The van der Waals surface area contributed by atoms with E-state index in [0.29, 0.717) is 5.75 Å². The summed E-state index contributed by atoms with van der Waals surface area (Å²) in [6.45, 7) is 0. The number of hydrogen-bond donors (Lipinski definition) is 2. The van der Waals surface area contributed by atoms with Crippen LogP contribution in [-0.2, 0) is 0 Å². The molecule has 0 aliphatic rings. The number of guanidine groups is 1. The van der Waals surface area contributed by atoms with Gasteiger partial charge in [-0.05, 0) is 6.07 Å². The number of nitrogens with two attached hydrogens (primary N) is 2. The fraction of sp³-hybridized carbons (Fsp3) is 0.125. The topological polar surface area (TPSA) is 117 Å². The number of methoxy groups -OCH3 is 1. The third kappa shape index (κ3) is 2.56. The SMILES string of the molecule is COc1ccc([N+](=O)[O-])c(N=C(N)N)c1. The fourth-order valence-electron chi connectivity index (χ4n) is 1.01. The Morgan fingerprint density at radius 2 is 2.20 bits per heavy atom. The number of aliphatic imine (C=N–C) groups is 1. The molecule has 0 aliphatic carbocycles. The zero-order chi connectivity index (χ0) is 11.4. The third-order valence-electron chi connectivity index (χ3n) is 1.63. The van der Waals surface area contributed by atoms with Crippen molar-refractivity contribution in [2.75, 3.05) is 7.11 Å². The second-order valence-corrected chi connectivity index (χ2v) is 2.65. The second kappa shape index (κ2) is 4.27. The molecule has 0 amide bonds. The van der Waals surface area contributed by atoms with Gasteiger partial charge in [-0.1, -0.05) is 0 Å². The van der Waals surface area contributed by atoms with Crippen LogP contribution in [0.2, 0.25) is 0 Å². The summed E-state index contributed by atoms with van der Waals surface area (Å²) in [6, 6.07) is 4.13. The Bertz CT molecular complexity index is 412. The van der Waals surface area contributed by atoms with Crippen LogP contribution in [0.4, 0.5) is 11.4 Å². The quantitative estimate of drug-likeness (QED) is 0.326. The third-order valence-corrected chi connectivity index (χ3v) is 1.63. The van der Waals surface area contributed by atoms with Gasteiger partial charge in [0.25, 0.3) is 5.69 Å². The molecule has 1 aromatic rings. The van der Waals surface area contributed by atoms with Gasteiger partial charge in [0.2, 0.25) is 0 Å². The number of benzene rings is 1. The summed E-state index contributed by atoms with van der Waals surface area (Å²) in [5, 5.41) is 10.6. The van der Waals surface area contributed by atoms with Crippen LogP contribution in [0.1, 0.15) is 0 Å². The molecule has 1 aromatic carbocycles. The van der Waals surface area contributed by atoms with E-state index in [0.717, 1.165) is 0 Å². The molecule has 0 unspecified atom stereocenters. The van der Waals surface area contributed by atoms with Gasteiger partial charge in [0.15, 0.2) is 5.96 Å². The molecule has 80 valence electrons. The molecule has 15 heavy (non-hydrogen) atoms. The van der Waals surface area contributed by atoms with E-state index in [2.05, 4.69) is 4.99 Å². The van der Waals surface area contributed by atoms with Crippen molar-refractivity contribution in [3.63, 3.8) is 0 Å². The molecule has 7 heteroatoms. The summed E-state index contributed by atoms with van der Waals surface area (Å²) in [6.07, 6.45) is 0. The van der Waals surface area contributed by atoms with Crippen LogP contribution in [-0.4, -0.2) is 18.0 Å². The van der Waals surface area contributed by atoms with E-state index in [-0.39, 0.29) is 17.3 Å². The minimum absolute atomic E-state index is 0.0688. The lowest BCUT2D eigenvalue weighted by Gasteiger charge is -2.01. The number of nitro groups is 1. The van der Waals surface area contributed by atoms with Crippen molar-refractivity contribution < 1.29 is 9.66 Å². The molecule has 7 nitrogen and oxygen atoms in total. The fourth-order valence-corrected chi connectivity index (χ4v) is 1.01.